The van der Waals surface area contributed by atoms with E-state index in [1.54, 1.807) is 5.06 Å². The lowest BCUT2D eigenvalue weighted by molar-refractivity contribution is -0.364. The summed E-state index contributed by atoms with van der Waals surface area (Å²) >= 11 is 0. The molecule has 0 aromatic heterocycles. The van der Waals surface area contributed by atoms with Crippen molar-refractivity contribution >= 4 is 5.97 Å². The molecule has 1 heterocycles. The Bertz CT molecular complexity index is 509. The minimum absolute atomic E-state index is 0.0458. The Hall–Kier alpha value is -1.43. The molecule has 0 N–H and O–H groups in total. The van der Waals surface area contributed by atoms with E-state index in [2.05, 4.69) is 0 Å². The summed E-state index contributed by atoms with van der Waals surface area (Å²) in [7, 11) is 0. The second-order valence-corrected chi connectivity index (χ2v) is 7.38. The molecule has 5 nitrogen and oxygen atoms in total. The predicted octanol–water partition coefficient (Wildman–Crippen LogP) is 3.63. The van der Waals surface area contributed by atoms with Crippen LogP contribution in [0.1, 0.15) is 53.0 Å². The zero-order chi connectivity index (χ0) is 17.1. The molecular weight excluding hydrogens is 294 g/mol. The van der Waals surface area contributed by atoms with Crippen molar-refractivity contribution in [1.29, 1.82) is 0 Å². The second-order valence-electron chi connectivity index (χ2n) is 7.38. The number of hydrogen-bond donors (Lipinski definition) is 0. The summed E-state index contributed by atoms with van der Waals surface area (Å²) in [6.07, 6.45) is 1.40. The number of nitrogens with zero attached hydrogens (tertiary/aromatic N) is 1. The zero-order valence-electron chi connectivity index (χ0n) is 14.7. The van der Waals surface area contributed by atoms with E-state index < -0.39 is 0 Å². The van der Waals surface area contributed by atoms with Gasteiger partial charge in [0.1, 0.15) is 6.61 Å². The molecule has 0 saturated carbocycles. The van der Waals surface area contributed by atoms with E-state index >= 15 is 0 Å². The summed E-state index contributed by atoms with van der Waals surface area (Å²) < 4.78 is 0. The maximum Gasteiger partial charge on any atom is 0.322 e. The van der Waals surface area contributed by atoms with Crippen LogP contribution in [-0.2, 0) is 26.0 Å². The highest BCUT2D eigenvalue weighted by Gasteiger charge is 2.48. The van der Waals surface area contributed by atoms with Gasteiger partial charge in [-0.25, -0.2) is 9.78 Å². The van der Waals surface area contributed by atoms with Crippen LogP contribution in [0.3, 0.4) is 0 Å². The average Bonchev–Trinajstić information content (AvgIpc) is 2.43. The molecule has 0 atom stereocenters. The number of carbonyl (C=O) groups is 1. The van der Waals surface area contributed by atoms with Gasteiger partial charge < -0.3 is 4.84 Å². The topological polar surface area (TPSA) is 48.0 Å². The Morgan fingerprint density at radius 3 is 2.22 bits per heavy atom. The van der Waals surface area contributed by atoms with Gasteiger partial charge in [0.05, 0.1) is 17.2 Å². The third-order valence-electron chi connectivity index (χ3n) is 4.05. The van der Waals surface area contributed by atoms with Gasteiger partial charge in [0.2, 0.25) is 0 Å². The molecule has 0 unspecified atom stereocenters. The largest absolute Gasteiger partial charge is 0.367 e. The van der Waals surface area contributed by atoms with E-state index in [-0.39, 0.29) is 23.2 Å². The highest BCUT2D eigenvalue weighted by molar-refractivity contribution is 5.65. The second kappa shape index (κ2) is 6.99. The maximum atomic E-state index is 11.4. The Morgan fingerprint density at radius 2 is 1.70 bits per heavy atom. The van der Waals surface area contributed by atoms with Crippen LogP contribution in [0.5, 0.6) is 0 Å². The van der Waals surface area contributed by atoms with Gasteiger partial charge in [-0.2, -0.15) is 0 Å². The van der Waals surface area contributed by atoms with E-state index in [1.807, 2.05) is 58.0 Å². The Morgan fingerprint density at radius 1 is 1.13 bits per heavy atom. The quantitative estimate of drug-likeness (QED) is 0.612. The molecule has 128 valence electrons. The van der Waals surface area contributed by atoms with Crippen LogP contribution < -0.4 is 0 Å². The molecule has 1 aliphatic heterocycles. The highest BCUT2D eigenvalue weighted by Crippen LogP contribution is 2.39. The molecule has 2 rings (SSSR count). The number of rotatable bonds is 5. The number of piperidine rings is 1. The first kappa shape index (κ1) is 17.9. The van der Waals surface area contributed by atoms with Gasteiger partial charge in [0, 0.05) is 6.92 Å². The number of benzene rings is 1. The summed E-state index contributed by atoms with van der Waals surface area (Å²) in [4.78, 5) is 27.9. The lowest BCUT2D eigenvalue weighted by Crippen LogP contribution is -2.62. The summed E-state index contributed by atoms with van der Waals surface area (Å²) in [6, 6.07) is 9.92. The molecule has 1 fully saturated rings. The maximum absolute atomic E-state index is 11.4. The van der Waals surface area contributed by atoms with E-state index in [0.29, 0.717) is 6.61 Å². The third-order valence-corrected chi connectivity index (χ3v) is 4.05. The number of hydroxylamine groups is 2. The van der Waals surface area contributed by atoms with Crippen molar-refractivity contribution in [2.24, 2.45) is 0 Å². The Labute approximate surface area is 138 Å². The number of carbonyl (C=O) groups excluding carboxylic acids is 1. The zero-order valence-corrected chi connectivity index (χ0v) is 14.7. The minimum atomic E-state index is -0.325. The average molecular weight is 321 g/mol. The highest BCUT2D eigenvalue weighted by atomic mass is 17.2. The molecule has 1 aromatic carbocycles. The lowest BCUT2D eigenvalue weighted by Gasteiger charge is -2.52. The first-order valence-corrected chi connectivity index (χ1v) is 8.02. The van der Waals surface area contributed by atoms with Crippen LogP contribution in [0, 0.1) is 0 Å². The molecule has 23 heavy (non-hydrogen) atoms. The molecule has 0 amide bonds. The standard InChI is InChI=1S/C18H27NO4/c1-14(20)22-19-17(2,3)11-16(12-18(19,4)5)23-21-13-15-9-7-6-8-10-15/h6-10,16H,11-13H2,1-5H3. The van der Waals surface area contributed by atoms with Gasteiger partial charge in [0.25, 0.3) is 0 Å². The van der Waals surface area contributed by atoms with Crippen molar-refractivity contribution in [3.63, 3.8) is 0 Å². The van der Waals surface area contributed by atoms with E-state index in [9.17, 15) is 4.79 Å². The molecule has 5 heteroatoms. The van der Waals surface area contributed by atoms with Crippen molar-refractivity contribution in [1.82, 2.24) is 5.06 Å². The van der Waals surface area contributed by atoms with Gasteiger partial charge in [-0.3, -0.25) is 4.79 Å². The van der Waals surface area contributed by atoms with Crippen LogP contribution in [-0.4, -0.2) is 28.2 Å². The molecule has 1 aliphatic rings. The Kier molecular flexibility index (Phi) is 5.45. The first-order valence-electron chi connectivity index (χ1n) is 8.02. The molecule has 0 radical (unpaired) electrons. The fraction of sp³-hybridized carbons (Fsp3) is 0.611. The van der Waals surface area contributed by atoms with E-state index in [4.69, 9.17) is 14.6 Å². The SMILES string of the molecule is CC(=O)ON1C(C)(C)CC(OOCc2ccccc2)CC1(C)C. The predicted molar refractivity (Wildman–Crippen MR) is 87.1 cm³/mol. The summed E-state index contributed by atoms with van der Waals surface area (Å²) in [5.74, 6) is -0.300. The summed E-state index contributed by atoms with van der Waals surface area (Å²) in [5, 5.41) is 1.79. The van der Waals surface area contributed by atoms with Crippen molar-refractivity contribution < 1.29 is 19.4 Å². The van der Waals surface area contributed by atoms with Crippen LogP contribution in [0.4, 0.5) is 0 Å². The molecule has 1 aromatic rings. The molecular formula is C18H27NO4. The van der Waals surface area contributed by atoms with E-state index in [0.717, 1.165) is 18.4 Å². The number of hydrogen-bond acceptors (Lipinski definition) is 5. The fourth-order valence-corrected chi connectivity index (χ4v) is 3.39. The molecule has 0 bridgehead atoms. The van der Waals surface area contributed by atoms with Gasteiger partial charge >= 0.3 is 5.97 Å². The van der Waals surface area contributed by atoms with E-state index in [1.165, 1.54) is 6.92 Å². The van der Waals surface area contributed by atoms with Crippen LogP contribution in [0.2, 0.25) is 0 Å². The van der Waals surface area contributed by atoms with Crippen LogP contribution in [0.15, 0.2) is 30.3 Å². The fourth-order valence-electron chi connectivity index (χ4n) is 3.39. The van der Waals surface area contributed by atoms with Gasteiger partial charge in [-0.05, 0) is 46.1 Å². The van der Waals surface area contributed by atoms with Crippen molar-refractivity contribution in [2.45, 2.75) is 71.2 Å². The molecule has 0 spiro atoms. The van der Waals surface area contributed by atoms with Crippen molar-refractivity contribution in [3.05, 3.63) is 35.9 Å². The summed E-state index contributed by atoms with van der Waals surface area (Å²) in [6.45, 7) is 10.0. The van der Waals surface area contributed by atoms with Gasteiger partial charge in [-0.15, -0.1) is 5.06 Å². The first-order chi connectivity index (χ1) is 10.7. The smallest absolute Gasteiger partial charge is 0.322 e. The Balaban J connectivity index is 1.94. The monoisotopic (exact) mass is 321 g/mol. The summed E-state index contributed by atoms with van der Waals surface area (Å²) in [5.41, 5.74) is 0.422. The normalized spacial score (nSPS) is 21.1. The van der Waals surface area contributed by atoms with Gasteiger partial charge in [-0.1, -0.05) is 30.3 Å². The van der Waals surface area contributed by atoms with Crippen LogP contribution in [0.25, 0.3) is 0 Å². The lowest BCUT2D eigenvalue weighted by atomic mass is 9.80. The van der Waals surface area contributed by atoms with Crippen molar-refractivity contribution in [3.8, 4) is 0 Å². The van der Waals surface area contributed by atoms with Crippen molar-refractivity contribution in [2.75, 3.05) is 0 Å². The molecule has 0 aliphatic carbocycles. The third kappa shape index (κ3) is 4.77. The minimum Gasteiger partial charge on any atom is -0.367 e. The van der Waals surface area contributed by atoms with Gasteiger partial charge in [0.15, 0.2) is 0 Å². The molecule has 1 saturated heterocycles. The van der Waals surface area contributed by atoms with Crippen LogP contribution >= 0.6 is 0 Å².